The summed E-state index contributed by atoms with van der Waals surface area (Å²) in [5, 5.41) is 0. The Bertz CT molecular complexity index is 209. The first-order valence-corrected chi connectivity index (χ1v) is 7.84. The molecule has 2 saturated heterocycles. The van der Waals surface area contributed by atoms with Crippen molar-refractivity contribution in [2.75, 3.05) is 20.2 Å². The summed E-state index contributed by atoms with van der Waals surface area (Å²) in [5.41, 5.74) is 0. The zero-order valence-electron chi connectivity index (χ0n) is 13.1. The molecule has 2 heteroatoms. The lowest BCUT2D eigenvalue weighted by Gasteiger charge is -2.35. The molecule has 2 nitrogen and oxygen atoms in total. The third-order valence-electron chi connectivity index (χ3n) is 4.30. The molecule has 0 spiro atoms. The van der Waals surface area contributed by atoms with E-state index in [1.54, 1.807) is 0 Å². The SMILES string of the molecule is CC(C)C1CCCCN1C.CC(C)C1CCCO1. The first-order chi connectivity index (χ1) is 8.52. The van der Waals surface area contributed by atoms with Gasteiger partial charge in [0.2, 0.25) is 0 Å². The highest BCUT2D eigenvalue weighted by atomic mass is 16.5. The molecule has 0 amide bonds. The number of piperidine rings is 1. The molecule has 0 radical (unpaired) electrons. The Hall–Kier alpha value is -0.0800. The zero-order chi connectivity index (χ0) is 13.5. The van der Waals surface area contributed by atoms with Gasteiger partial charge in [-0.1, -0.05) is 34.1 Å². The Morgan fingerprint density at radius 1 is 0.944 bits per heavy atom. The molecule has 2 unspecified atom stereocenters. The highest BCUT2D eigenvalue weighted by Crippen LogP contribution is 2.21. The van der Waals surface area contributed by atoms with E-state index in [1.807, 2.05) is 0 Å². The number of ether oxygens (including phenoxy) is 1. The zero-order valence-corrected chi connectivity index (χ0v) is 13.1. The molecule has 2 heterocycles. The Morgan fingerprint density at radius 2 is 1.67 bits per heavy atom. The van der Waals surface area contributed by atoms with Crippen LogP contribution in [-0.2, 0) is 4.74 Å². The second-order valence-electron chi connectivity index (χ2n) is 6.58. The molecular formula is C16H33NO. The quantitative estimate of drug-likeness (QED) is 0.741. The summed E-state index contributed by atoms with van der Waals surface area (Å²) in [6.07, 6.45) is 7.36. The predicted molar refractivity (Wildman–Crippen MR) is 78.9 cm³/mol. The van der Waals surface area contributed by atoms with Crippen molar-refractivity contribution in [1.82, 2.24) is 4.90 Å². The number of nitrogens with zero attached hydrogens (tertiary/aromatic N) is 1. The van der Waals surface area contributed by atoms with Crippen molar-refractivity contribution in [3.8, 4) is 0 Å². The van der Waals surface area contributed by atoms with Gasteiger partial charge >= 0.3 is 0 Å². The van der Waals surface area contributed by atoms with E-state index in [1.165, 1.54) is 38.6 Å². The van der Waals surface area contributed by atoms with Gasteiger partial charge in [-0.05, 0) is 51.1 Å². The molecule has 108 valence electrons. The molecule has 2 aliphatic rings. The van der Waals surface area contributed by atoms with Crippen LogP contribution in [0.3, 0.4) is 0 Å². The van der Waals surface area contributed by atoms with Crippen LogP contribution in [0.25, 0.3) is 0 Å². The summed E-state index contributed by atoms with van der Waals surface area (Å²) in [5.74, 6) is 1.56. The molecule has 0 saturated carbocycles. The van der Waals surface area contributed by atoms with Gasteiger partial charge < -0.3 is 9.64 Å². The van der Waals surface area contributed by atoms with Crippen molar-refractivity contribution in [3.63, 3.8) is 0 Å². The molecule has 0 aromatic rings. The first-order valence-electron chi connectivity index (χ1n) is 7.84. The average Bonchev–Trinajstić information content (AvgIpc) is 2.83. The molecule has 0 aromatic heterocycles. The van der Waals surface area contributed by atoms with Gasteiger partial charge in [0.1, 0.15) is 0 Å². The monoisotopic (exact) mass is 255 g/mol. The van der Waals surface area contributed by atoms with Crippen molar-refractivity contribution in [2.24, 2.45) is 11.8 Å². The highest BCUT2D eigenvalue weighted by molar-refractivity contribution is 4.76. The van der Waals surface area contributed by atoms with E-state index in [-0.39, 0.29) is 0 Å². The minimum absolute atomic E-state index is 0.565. The van der Waals surface area contributed by atoms with Crippen LogP contribution in [0.1, 0.15) is 59.8 Å². The smallest absolute Gasteiger partial charge is 0.0598 e. The van der Waals surface area contributed by atoms with Crippen LogP contribution in [0.4, 0.5) is 0 Å². The van der Waals surface area contributed by atoms with Crippen LogP contribution in [-0.4, -0.2) is 37.2 Å². The standard InChI is InChI=1S/C9H19N.C7H14O/c1-8(2)9-6-4-5-7-10(9)3;1-6(2)7-4-3-5-8-7/h8-9H,4-7H2,1-3H3;6-7H,3-5H2,1-2H3. The maximum Gasteiger partial charge on any atom is 0.0598 e. The molecule has 2 rings (SSSR count). The van der Waals surface area contributed by atoms with Crippen LogP contribution < -0.4 is 0 Å². The number of likely N-dealkylation sites (tertiary alicyclic amines) is 1. The van der Waals surface area contributed by atoms with E-state index in [0.717, 1.165) is 24.5 Å². The van der Waals surface area contributed by atoms with E-state index in [2.05, 4.69) is 39.6 Å². The van der Waals surface area contributed by atoms with Gasteiger partial charge in [-0.3, -0.25) is 0 Å². The molecule has 18 heavy (non-hydrogen) atoms. The number of hydrogen-bond acceptors (Lipinski definition) is 2. The predicted octanol–water partition coefficient (Wildman–Crippen LogP) is 3.95. The largest absolute Gasteiger partial charge is 0.378 e. The van der Waals surface area contributed by atoms with Gasteiger partial charge in [0.15, 0.2) is 0 Å². The Morgan fingerprint density at radius 3 is 2.00 bits per heavy atom. The van der Waals surface area contributed by atoms with E-state index in [0.29, 0.717) is 6.10 Å². The molecular weight excluding hydrogens is 222 g/mol. The van der Waals surface area contributed by atoms with Crippen LogP contribution >= 0.6 is 0 Å². The number of rotatable bonds is 2. The Balaban J connectivity index is 0.000000184. The first kappa shape index (κ1) is 16.0. The molecule has 2 atom stereocenters. The third kappa shape index (κ3) is 5.27. The van der Waals surface area contributed by atoms with Crippen LogP contribution in [0, 0.1) is 11.8 Å². The Labute approximate surface area is 114 Å². The van der Waals surface area contributed by atoms with Crippen LogP contribution in [0.2, 0.25) is 0 Å². The van der Waals surface area contributed by atoms with Gasteiger partial charge in [0.25, 0.3) is 0 Å². The second-order valence-corrected chi connectivity index (χ2v) is 6.58. The maximum absolute atomic E-state index is 5.41. The van der Waals surface area contributed by atoms with E-state index >= 15 is 0 Å². The number of hydrogen-bond donors (Lipinski definition) is 0. The summed E-state index contributed by atoms with van der Waals surface area (Å²) in [6.45, 7) is 11.4. The fourth-order valence-electron chi connectivity index (χ4n) is 3.07. The van der Waals surface area contributed by atoms with E-state index in [4.69, 9.17) is 4.74 Å². The molecule has 2 fully saturated rings. The van der Waals surface area contributed by atoms with Gasteiger partial charge in [0, 0.05) is 12.6 Å². The lowest BCUT2D eigenvalue weighted by molar-refractivity contribution is 0.0758. The molecule has 2 aliphatic heterocycles. The highest BCUT2D eigenvalue weighted by Gasteiger charge is 2.21. The molecule has 0 aliphatic carbocycles. The minimum Gasteiger partial charge on any atom is -0.378 e. The fourth-order valence-corrected chi connectivity index (χ4v) is 3.07. The summed E-state index contributed by atoms with van der Waals surface area (Å²) in [6, 6.07) is 0.855. The average molecular weight is 255 g/mol. The molecule has 0 aromatic carbocycles. The Kier molecular flexibility index (Phi) is 7.25. The summed E-state index contributed by atoms with van der Waals surface area (Å²) in [4.78, 5) is 2.51. The van der Waals surface area contributed by atoms with Gasteiger partial charge in [-0.2, -0.15) is 0 Å². The van der Waals surface area contributed by atoms with Crippen LogP contribution in [0.15, 0.2) is 0 Å². The lowest BCUT2D eigenvalue weighted by Crippen LogP contribution is -2.39. The maximum atomic E-state index is 5.41. The van der Waals surface area contributed by atoms with Crippen molar-refractivity contribution in [2.45, 2.75) is 71.9 Å². The normalized spacial score (nSPS) is 29.5. The van der Waals surface area contributed by atoms with E-state index < -0.39 is 0 Å². The van der Waals surface area contributed by atoms with Gasteiger partial charge in [0.05, 0.1) is 6.10 Å². The van der Waals surface area contributed by atoms with Crippen molar-refractivity contribution in [3.05, 3.63) is 0 Å². The third-order valence-corrected chi connectivity index (χ3v) is 4.30. The topological polar surface area (TPSA) is 12.5 Å². The fraction of sp³-hybridized carbons (Fsp3) is 1.00. The van der Waals surface area contributed by atoms with Crippen molar-refractivity contribution in [1.29, 1.82) is 0 Å². The van der Waals surface area contributed by atoms with Crippen molar-refractivity contribution >= 4 is 0 Å². The van der Waals surface area contributed by atoms with Crippen molar-refractivity contribution < 1.29 is 4.74 Å². The molecule has 0 bridgehead atoms. The summed E-state index contributed by atoms with van der Waals surface area (Å²) in [7, 11) is 2.25. The second kappa shape index (κ2) is 8.16. The van der Waals surface area contributed by atoms with Crippen LogP contribution in [0.5, 0.6) is 0 Å². The molecule has 0 N–H and O–H groups in total. The van der Waals surface area contributed by atoms with Gasteiger partial charge in [-0.15, -0.1) is 0 Å². The minimum atomic E-state index is 0.565. The summed E-state index contributed by atoms with van der Waals surface area (Å²) < 4.78 is 5.41. The van der Waals surface area contributed by atoms with E-state index in [9.17, 15) is 0 Å². The summed E-state index contributed by atoms with van der Waals surface area (Å²) >= 11 is 0. The van der Waals surface area contributed by atoms with Gasteiger partial charge in [-0.25, -0.2) is 0 Å². The lowest BCUT2D eigenvalue weighted by atomic mass is 9.93.